The molecule has 0 aliphatic carbocycles. The van der Waals surface area contributed by atoms with Crippen LogP contribution in [0.1, 0.15) is 0 Å². The lowest BCUT2D eigenvalue weighted by Crippen LogP contribution is -1.86. The number of hydrogen-bond donors (Lipinski definition) is 0. The van der Waals surface area contributed by atoms with Gasteiger partial charge in [0.1, 0.15) is 17.2 Å². The van der Waals surface area contributed by atoms with Gasteiger partial charge >= 0.3 is 0 Å². The van der Waals surface area contributed by atoms with Crippen molar-refractivity contribution >= 4 is 15.9 Å². The van der Waals surface area contributed by atoms with E-state index in [1.807, 2.05) is 48.5 Å². The fourth-order valence-electron chi connectivity index (χ4n) is 1.33. The van der Waals surface area contributed by atoms with Gasteiger partial charge in [0, 0.05) is 10.5 Å². The van der Waals surface area contributed by atoms with E-state index in [1.54, 1.807) is 7.11 Å². The van der Waals surface area contributed by atoms with Crippen LogP contribution in [-0.2, 0) is 0 Å². The summed E-state index contributed by atoms with van der Waals surface area (Å²) in [6.07, 6.45) is 0. The standard InChI is InChI=1S/C13H11BrO2/c1-15-11-5-3-7-13(9-11)16-12-6-2-4-10(14)8-12/h2-9H,1H3. The molecule has 0 spiro atoms. The second kappa shape index (κ2) is 5.03. The van der Waals surface area contributed by atoms with Gasteiger partial charge in [-0.3, -0.25) is 0 Å². The Kier molecular flexibility index (Phi) is 3.47. The topological polar surface area (TPSA) is 18.5 Å². The summed E-state index contributed by atoms with van der Waals surface area (Å²) in [6, 6.07) is 15.2. The average molecular weight is 279 g/mol. The van der Waals surface area contributed by atoms with Crippen molar-refractivity contribution < 1.29 is 9.47 Å². The van der Waals surface area contributed by atoms with Crippen molar-refractivity contribution in [2.75, 3.05) is 7.11 Å². The van der Waals surface area contributed by atoms with E-state index in [0.29, 0.717) is 0 Å². The van der Waals surface area contributed by atoms with Crippen molar-refractivity contribution in [3.63, 3.8) is 0 Å². The number of methoxy groups -OCH3 is 1. The highest BCUT2D eigenvalue weighted by Gasteiger charge is 1.99. The molecule has 0 aliphatic heterocycles. The molecule has 0 amide bonds. The van der Waals surface area contributed by atoms with Crippen LogP contribution in [0, 0.1) is 0 Å². The Hall–Kier alpha value is -1.48. The summed E-state index contributed by atoms with van der Waals surface area (Å²) in [5, 5.41) is 0. The minimum atomic E-state index is 0.762. The van der Waals surface area contributed by atoms with Gasteiger partial charge in [0.15, 0.2) is 0 Å². The Morgan fingerprint density at radius 2 is 1.50 bits per heavy atom. The molecule has 2 aromatic rings. The molecule has 0 atom stereocenters. The first-order valence-electron chi connectivity index (χ1n) is 4.85. The molecule has 16 heavy (non-hydrogen) atoms. The molecule has 3 heteroatoms. The van der Waals surface area contributed by atoms with Crippen molar-refractivity contribution in [2.24, 2.45) is 0 Å². The molecule has 0 radical (unpaired) electrons. The van der Waals surface area contributed by atoms with Gasteiger partial charge in [-0.15, -0.1) is 0 Å². The second-order valence-corrected chi connectivity index (χ2v) is 4.15. The number of ether oxygens (including phenoxy) is 2. The maximum absolute atomic E-state index is 5.69. The quantitative estimate of drug-likeness (QED) is 0.836. The molecule has 2 rings (SSSR count). The first-order chi connectivity index (χ1) is 7.78. The highest BCUT2D eigenvalue weighted by Crippen LogP contribution is 2.26. The molecule has 2 nitrogen and oxygen atoms in total. The van der Waals surface area contributed by atoms with Crippen LogP contribution in [0.25, 0.3) is 0 Å². The molecule has 82 valence electrons. The van der Waals surface area contributed by atoms with Crippen LogP contribution >= 0.6 is 15.9 Å². The molecule has 0 aliphatic rings. The van der Waals surface area contributed by atoms with Gasteiger partial charge in [-0.05, 0) is 30.3 Å². The van der Waals surface area contributed by atoms with Crippen LogP contribution in [0.4, 0.5) is 0 Å². The van der Waals surface area contributed by atoms with Gasteiger partial charge in [-0.1, -0.05) is 28.1 Å². The van der Waals surface area contributed by atoms with E-state index in [0.717, 1.165) is 21.7 Å². The lowest BCUT2D eigenvalue weighted by Gasteiger charge is -2.07. The number of rotatable bonds is 3. The van der Waals surface area contributed by atoms with E-state index in [4.69, 9.17) is 9.47 Å². The fraction of sp³-hybridized carbons (Fsp3) is 0.0769. The fourth-order valence-corrected chi connectivity index (χ4v) is 1.71. The maximum atomic E-state index is 5.69. The van der Waals surface area contributed by atoms with Crippen LogP contribution in [0.5, 0.6) is 17.2 Å². The summed E-state index contributed by atoms with van der Waals surface area (Å²) in [4.78, 5) is 0. The Labute approximate surface area is 103 Å². The summed E-state index contributed by atoms with van der Waals surface area (Å²) in [6.45, 7) is 0. The van der Waals surface area contributed by atoms with Crippen molar-refractivity contribution in [3.05, 3.63) is 53.0 Å². The summed E-state index contributed by atoms with van der Waals surface area (Å²) < 4.78 is 11.8. The molecule has 0 N–H and O–H groups in total. The molecule has 0 heterocycles. The molecule has 0 unspecified atom stereocenters. The van der Waals surface area contributed by atoms with Gasteiger partial charge in [-0.25, -0.2) is 0 Å². The summed E-state index contributed by atoms with van der Waals surface area (Å²) in [5.74, 6) is 2.34. The zero-order chi connectivity index (χ0) is 11.4. The Balaban J connectivity index is 2.20. The zero-order valence-corrected chi connectivity index (χ0v) is 10.4. The number of hydrogen-bond acceptors (Lipinski definition) is 2. The molecule has 2 aromatic carbocycles. The van der Waals surface area contributed by atoms with E-state index in [-0.39, 0.29) is 0 Å². The van der Waals surface area contributed by atoms with Crippen LogP contribution in [0.15, 0.2) is 53.0 Å². The van der Waals surface area contributed by atoms with Crippen molar-refractivity contribution in [1.82, 2.24) is 0 Å². The smallest absolute Gasteiger partial charge is 0.131 e. The summed E-state index contributed by atoms with van der Waals surface area (Å²) in [7, 11) is 1.64. The van der Waals surface area contributed by atoms with Crippen molar-refractivity contribution in [2.45, 2.75) is 0 Å². The average Bonchev–Trinajstić information content (AvgIpc) is 2.29. The summed E-state index contributed by atoms with van der Waals surface area (Å²) in [5.41, 5.74) is 0. The van der Waals surface area contributed by atoms with Crippen LogP contribution in [0.3, 0.4) is 0 Å². The maximum Gasteiger partial charge on any atom is 0.131 e. The van der Waals surface area contributed by atoms with E-state index in [9.17, 15) is 0 Å². The Morgan fingerprint density at radius 1 is 0.875 bits per heavy atom. The molecule has 0 saturated heterocycles. The van der Waals surface area contributed by atoms with Gasteiger partial charge < -0.3 is 9.47 Å². The van der Waals surface area contributed by atoms with E-state index in [2.05, 4.69) is 15.9 Å². The first-order valence-corrected chi connectivity index (χ1v) is 5.65. The van der Waals surface area contributed by atoms with Crippen LogP contribution in [-0.4, -0.2) is 7.11 Å². The molecular weight excluding hydrogens is 268 g/mol. The van der Waals surface area contributed by atoms with Gasteiger partial charge in [0.05, 0.1) is 7.11 Å². The van der Waals surface area contributed by atoms with Crippen LogP contribution < -0.4 is 9.47 Å². The monoisotopic (exact) mass is 278 g/mol. The minimum absolute atomic E-state index is 0.762. The second-order valence-electron chi connectivity index (χ2n) is 3.24. The Morgan fingerprint density at radius 3 is 2.19 bits per heavy atom. The predicted molar refractivity (Wildman–Crippen MR) is 67.2 cm³/mol. The zero-order valence-electron chi connectivity index (χ0n) is 8.81. The van der Waals surface area contributed by atoms with Crippen LogP contribution in [0.2, 0.25) is 0 Å². The highest BCUT2D eigenvalue weighted by atomic mass is 79.9. The summed E-state index contributed by atoms with van der Waals surface area (Å²) >= 11 is 3.40. The van der Waals surface area contributed by atoms with E-state index >= 15 is 0 Å². The molecular formula is C13H11BrO2. The minimum Gasteiger partial charge on any atom is -0.497 e. The largest absolute Gasteiger partial charge is 0.497 e. The Bertz CT molecular complexity index is 483. The first kappa shape index (κ1) is 11.0. The van der Waals surface area contributed by atoms with Crippen molar-refractivity contribution in [1.29, 1.82) is 0 Å². The third-order valence-corrected chi connectivity index (χ3v) is 2.57. The highest BCUT2D eigenvalue weighted by molar-refractivity contribution is 9.10. The third-order valence-electron chi connectivity index (χ3n) is 2.07. The molecule has 0 fully saturated rings. The van der Waals surface area contributed by atoms with E-state index < -0.39 is 0 Å². The van der Waals surface area contributed by atoms with Gasteiger partial charge in [-0.2, -0.15) is 0 Å². The third kappa shape index (κ3) is 2.76. The van der Waals surface area contributed by atoms with Crippen molar-refractivity contribution in [3.8, 4) is 17.2 Å². The van der Waals surface area contributed by atoms with Gasteiger partial charge in [0.25, 0.3) is 0 Å². The lowest BCUT2D eigenvalue weighted by molar-refractivity contribution is 0.409. The normalized spacial score (nSPS) is 9.88. The molecule has 0 aromatic heterocycles. The lowest BCUT2D eigenvalue weighted by atomic mass is 10.3. The number of benzene rings is 2. The number of halogens is 1. The van der Waals surface area contributed by atoms with Gasteiger partial charge in [0.2, 0.25) is 0 Å². The predicted octanol–water partition coefficient (Wildman–Crippen LogP) is 4.25. The molecule has 0 bridgehead atoms. The molecule has 0 saturated carbocycles. The SMILES string of the molecule is COc1cccc(Oc2cccc(Br)c2)c1. The van der Waals surface area contributed by atoms with E-state index in [1.165, 1.54) is 0 Å².